The maximum atomic E-state index is 12.2. The average molecular weight is 644 g/mol. The summed E-state index contributed by atoms with van der Waals surface area (Å²) >= 11 is 15.2. The van der Waals surface area contributed by atoms with Gasteiger partial charge in [-0.1, -0.05) is 53.5 Å². The summed E-state index contributed by atoms with van der Waals surface area (Å²) in [5.41, 5.74) is 1.88. The molecule has 0 saturated carbocycles. The molecule has 2 aromatic carbocycles. The van der Waals surface area contributed by atoms with Crippen LogP contribution in [0.5, 0.6) is 0 Å². The lowest BCUT2D eigenvalue weighted by Gasteiger charge is -2.32. The van der Waals surface area contributed by atoms with Crippen LogP contribution in [0.4, 0.5) is 0 Å². The fourth-order valence-corrected chi connectivity index (χ4v) is 4.89. The minimum atomic E-state index is -0.485. The molecule has 4 aromatic rings. The summed E-state index contributed by atoms with van der Waals surface area (Å²) in [4.78, 5) is 23.7. The van der Waals surface area contributed by atoms with E-state index >= 15 is 0 Å². The van der Waals surface area contributed by atoms with Crippen molar-refractivity contribution < 1.29 is 9.31 Å². The largest absolute Gasteiger partial charge is 0.496 e. The van der Waals surface area contributed by atoms with Crippen molar-refractivity contribution >= 4 is 51.7 Å². The summed E-state index contributed by atoms with van der Waals surface area (Å²) in [5.74, 6) is 0. The normalized spacial score (nSPS) is 15.4. The third-order valence-electron chi connectivity index (χ3n) is 6.96. The molecule has 1 saturated heterocycles. The zero-order valence-electron chi connectivity index (χ0n) is 22.7. The second-order valence-corrected chi connectivity index (χ2v) is 12.4. The second kappa shape index (κ2) is 12.5. The van der Waals surface area contributed by atoms with Gasteiger partial charge in [-0.05, 0) is 90.5 Å². The molecule has 10 heteroatoms. The Bertz CT molecular complexity index is 1600. The number of halogens is 3. The predicted octanol–water partition coefficient (Wildman–Crippen LogP) is 6.16. The molecule has 0 amide bonds. The number of nitrogens with zero attached hydrogens (tertiary/aromatic N) is 2. The monoisotopic (exact) mass is 642 g/mol. The number of aromatic nitrogens is 2. The van der Waals surface area contributed by atoms with Gasteiger partial charge < -0.3 is 18.4 Å². The molecule has 5 rings (SSSR count). The van der Waals surface area contributed by atoms with Crippen molar-refractivity contribution in [1.82, 2.24) is 9.13 Å². The first-order valence-electron chi connectivity index (χ1n) is 12.7. The summed E-state index contributed by atoms with van der Waals surface area (Å²) in [6, 6.07) is 21.6. The van der Waals surface area contributed by atoms with Gasteiger partial charge in [-0.2, -0.15) is 0 Å². The van der Waals surface area contributed by atoms with Crippen molar-refractivity contribution in [3.05, 3.63) is 132 Å². The first-order chi connectivity index (χ1) is 18.8. The standard InChI is InChI=1S/C18H21BClNO3.C12H9BrClNO/c1-17(2)18(3,4)24-19(23-17)14-8-9-16(22)21(12-14)11-13-6-5-7-15(20)10-13;13-10-4-5-12(16)15(8-10)7-9-2-1-3-11(14)6-9/h5-10,12H,11H2,1-4H3;1-6,8H,7H2. The summed E-state index contributed by atoms with van der Waals surface area (Å²) in [6.07, 6.45) is 3.56. The maximum Gasteiger partial charge on any atom is 0.496 e. The molecule has 3 heterocycles. The van der Waals surface area contributed by atoms with Gasteiger partial charge in [0.15, 0.2) is 0 Å². The Kier molecular flexibility index (Phi) is 9.48. The van der Waals surface area contributed by atoms with E-state index in [0.717, 1.165) is 21.1 Å². The van der Waals surface area contributed by atoms with Gasteiger partial charge in [0.25, 0.3) is 11.1 Å². The minimum Gasteiger partial charge on any atom is -0.399 e. The van der Waals surface area contributed by atoms with E-state index in [1.54, 1.807) is 39.7 Å². The van der Waals surface area contributed by atoms with Gasteiger partial charge >= 0.3 is 7.12 Å². The fraction of sp³-hybridized carbons (Fsp3) is 0.267. The van der Waals surface area contributed by atoms with Crippen LogP contribution in [-0.4, -0.2) is 27.5 Å². The molecule has 0 aliphatic carbocycles. The van der Waals surface area contributed by atoms with E-state index < -0.39 is 18.3 Å². The van der Waals surface area contributed by atoms with E-state index in [2.05, 4.69) is 15.9 Å². The van der Waals surface area contributed by atoms with Crippen molar-refractivity contribution in [2.24, 2.45) is 0 Å². The summed E-state index contributed by atoms with van der Waals surface area (Å²) in [6.45, 7) is 9.01. The van der Waals surface area contributed by atoms with Crippen LogP contribution in [0.3, 0.4) is 0 Å². The Morgan fingerprint density at radius 1 is 0.725 bits per heavy atom. The Balaban J connectivity index is 0.000000201. The molecule has 1 fully saturated rings. The van der Waals surface area contributed by atoms with Crippen LogP contribution in [0.2, 0.25) is 10.0 Å². The van der Waals surface area contributed by atoms with Crippen LogP contribution in [-0.2, 0) is 22.4 Å². The van der Waals surface area contributed by atoms with E-state index in [-0.39, 0.29) is 11.1 Å². The number of hydrogen-bond acceptors (Lipinski definition) is 4. The highest BCUT2D eigenvalue weighted by atomic mass is 79.9. The molecule has 0 spiro atoms. The van der Waals surface area contributed by atoms with Gasteiger partial charge in [0.05, 0.1) is 24.3 Å². The quantitative estimate of drug-likeness (QED) is 0.245. The molecule has 2 aromatic heterocycles. The van der Waals surface area contributed by atoms with Crippen molar-refractivity contribution in [1.29, 1.82) is 0 Å². The van der Waals surface area contributed by atoms with Crippen LogP contribution >= 0.6 is 39.1 Å². The molecular weight excluding hydrogens is 614 g/mol. The zero-order valence-corrected chi connectivity index (χ0v) is 25.8. The lowest BCUT2D eigenvalue weighted by Crippen LogP contribution is -2.41. The molecule has 0 N–H and O–H groups in total. The van der Waals surface area contributed by atoms with Crippen molar-refractivity contribution in [3.63, 3.8) is 0 Å². The van der Waals surface area contributed by atoms with Crippen LogP contribution in [0.25, 0.3) is 0 Å². The highest BCUT2D eigenvalue weighted by Crippen LogP contribution is 2.36. The fourth-order valence-electron chi connectivity index (χ4n) is 4.08. The Labute approximate surface area is 252 Å². The van der Waals surface area contributed by atoms with Gasteiger partial charge in [0, 0.05) is 39.0 Å². The van der Waals surface area contributed by atoms with Gasteiger partial charge in [0.1, 0.15) is 0 Å². The third kappa shape index (κ3) is 7.56. The molecule has 1 aliphatic heterocycles. The molecule has 40 heavy (non-hydrogen) atoms. The molecule has 6 nitrogen and oxygen atoms in total. The molecule has 1 aliphatic rings. The van der Waals surface area contributed by atoms with Crippen LogP contribution in [0.15, 0.2) is 99.3 Å². The molecule has 0 unspecified atom stereocenters. The van der Waals surface area contributed by atoms with Crippen LogP contribution < -0.4 is 16.6 Å². The Morgan fingerprint density at radius 2 is 1.20 bits per heavy atom. The lowest BCUT2D eigenvalue weighted by atomic mass is 9.80. The van der Waals surface area contributed by atoms with E-state index in [1.807, 2.05) is 76.2 Å². The summed E-state index contributed by atoms with van der Waals surface area (Å²) in [7, 11) is -0.485. The topological polar surface area (TPSA) is 62.5 Å². The van der Waals surface area contributed by atoms with E-state index in [1.165, 1.54) is 6.07 Å². The molecule has 0 atom stereocenters. The van der Waals surface area contributed by atoms with E-state index in [4.69, 9.17) is 32.5 Å². The first kappa shape index (κ1) is 30.3. The SMILES string of the molecule is CC1(C)OB(c2ccc(=O)n(Cc3cccc(Cl)c3)c2)OC1(C)C.O=c1ccc(Br)cn1Cc1cccc(Cl)c1. The number of hydrogen-bond donors (Lipinski definition) is 0. The van der Waals surface area contributed by atoms with Gasteiger partial charge in [-0.15, -0.1) is 0 Å². The third-order valence-corrected chi connectivity index (χ3v) is 7.90. The van der Waals surface area contributed by atoms with Crippen molar-refractivity contribution in [3.8, 4) is 0 Å². The van der Waals surface area contributed by atoms with Crippen LogP contribution in [0.1, 0.15) is 38.8 Å². The lowest BCUT2D eigenvalue weighted by molar-refractivity contribution is 0.00578. The zero-order chi connectivity index (χ0) is 29.1. The molecule has 0 radical (unpaired) electrons. The summed E-state index contributed by atoms with van der Waals surface area (Å²) < 4.78 is 16.3. The smallest absolute Gasteiger partial charge is 0.399 e. The molecular formula is C30H30BBrCl2N2O4. The highest BCUT2D eigenvalue weighted by Gasteiger charge is 2.51. The Hall–Kier alpha value is -2.62. The average Bonchev–Trinajstić information content (AvgIpc) is 3.10. The van der Waals surface area contributed by atoms with Crippen molar-refractivity contribution in [2.75, 3.05) is 0 Å². The predicted molar refractivity (Wildman–Crippen MR) is 166 cm³/mol. The van der Waals surface area contributed by atoms with Crippen LogP contribution in [0, 0.1) is 0 Å². The van der Waals surface area contributed by atoms with E-state index in [9.17, 15) is 9.59 Å². The van der Waals surface area contributed by atoms with Gasteiger partial charge in [0.2, 0.25) is 0 Å². The highest BCUT2D eigenvalue weighted by molar-refractivity contribution is 9.10. The molecule has 208 valence electrons. The van der Waals surface area contributed by atoms with Gasteiger partial charge in [-0.3, -0.25) is 9.59 Å². The number of pyridine rings is 2. The Morgan fingerprint density at radius 3 is 1.70 bits per heavy atom. The summed E-state index contributed by atoms with van der Waals surface area (Å²) in [5, 5.41) is 1.34. The molecule has 0 bridgehead atoms. The first-order valence-corrected chi connectivity index (χ1v) is 14.3. The number of rotatable bonds is 5. The number of benzene rings is 2. The van der Waals surface area contributed by atoms with E-state index in [0.29, 0.717) is 23.1 Å². The van der Waals surface area contributed by atoms with Crippen molar-refractivity contribution in [2.45, 2.75) is 52.0 Å². The second-order valence-electron chi connectivity index (χ2n) is 10.6. The maximum absolute atomic E-state index is 12.2. The van der Waals surface area contributed by atoms with Gasteiger partial charge in [-0.25, -0.2) is 0 Å². The minimum absolute atomic E-state index is 0.0248.